The highest BCUT2D eigenvalue weighted by molar-refractivity contribution is 9.10. The number of hydrogen-bond donors (Lipinski definition) is 0. The van der Waals surface area contributed by atoms with Crippen LogP contribution in [0.1, 0.15) is 25.3 Å². The molecule has 1 aromatic rings. The zero-order valence-electron chi connectivity index (χ0n) is 9.55. The normalized spacial score (nSPS) is 16.9. The van der Waals surface area contributed by atoms with E-state index in [4.69, 9.17) is 4.74 Å². The molecule has 1 aliphatic carbocycles. The van der Waals surface area contributed by atoms with Gasteiger partial charge in [0.2, 0.25) is 0 Å². The van der Waals surface area contributed by atoms with Crippen molar-refractivity contribution in [2.75, 3.05) is 7.11 Å². The lowest BCUT2D eigenvalue weighted by molar-refractivity contribution is -0.121. The van der Waals surface area contributed by atoms with Gasteiger partial charge in [0.15, 0.2) is 0 Å². The third-order valence-corrected chi connectivity index (χ3v) is 3.86. The Hall–Kier alpha value is -0.830. The minimum Gasteiger partial charge on any atom is -0.496 e. The van der Waals surface area contributed by atoms with Crippen LogP contribution >= 0.6 is 15.9 Å². The number of carbonyl (C=O) groups excluding carboxylic acids is 1. The third kappa shape index (κ3) is 2.14. The fraction of sp³-hybridized carbons (Fsp3) is 0.462. The smallest absolute Gasteiger partial charge is 0.136 e. The van der Waals surface area contributed by atoms with E-state index in [-0.39, 0.29) is 5.41 Å². The second-order valence-corrected chi connectivity index (χ2v) is 5.39. The van der Waals surface area contributed by atoms with Crippen molar-refractivity contribution in [1.82, 2.24) is 0 Å². The van der Waals surface area contributed by atoms with Gasteiger partial charge in [0, 0.05) is 9.89 Å². The van der Waals surface area contributed by atoms with E-state index in [1.165, 1.54) is 0 Å². The van der Waals surface area contributed by atoms with Gasteiger partial charge in [0.1, 0.15) is 11.5 Å². The fourth-order valence-corrected chi connectivity index (χ4v) is 2.46. The van der Waals surface area contributed by atoms with Crippen molar-refractivity contribution in [1.29, 1.82) is 0 Å². The SMILES string of the molecule is COc1ccc(Br)cc1CC1(C(C)=O)CC1. The first-order valence-corrected chi connectivity index (χ1v) is 6.20. The van der Waals surface area contributed by atoms with Crippen LogP contribution in [-0.2, 0) is 11.2 Å². The van der Waals surface area contributed by atoms with E-state index < -0.39 is 0 Å². The summed E-state index contributed by atoms with van der Waals surface area (Å²) < 4.78 is 6.35. The van der Waals surface area contributed by atoms with Crippen LogP contribution in [0.5, 0.6) is 5.75 Å². The van der Waals surface area contributed by atoms with Gasteiger partial charge in [-0.3, -0.25) is 4.79 Å². The molecule has 0 spiro atoms. The van der Waals surface area contributed by atoms with Crippen molar-refractivity contribution >= 4 is 21.7 Å². The Labute approximate surface area is 104 Å². The summed E-state index contributed by atoms with van der Waals surface area (Å²) in [4.78, 5) is 11.6. The van der Waals surface area contributed by atoms with Crippen molar-refractivity contribution in [3.63, 3.8) is 0 Å². The Balaban J connectivity index is 2.27. The highest BCUT2D eigenvalue weighted by Crippen LogP contribution is 2.50. The highest BCUT2D eigenvalue weighted by Gasteiger charge is 2.47. The summed E-state index contributed by atoms with van der Waals surface area (Å²) in [5, 5.41) is 0. The Kier molecular flexibility index (Phi) is 3.06. The van der Waals surface area contributed by atoms with E-state index >= 15 is 0 Å². The van der Waals surface area contributed by atoms with Crippen molar-refractivity contribution < 1.29 is 9.53 Å². The van der Waals surface area contributed by atoms with Crippen LogP contribution in [0.25, 0.3) is 0 Å². The van der Waals surface area contributed by atoms with Crippen LogP contribution in [-0.4, -0.2) is 12.9 Å². The zero-order valence-corrected chi connectivity index (χ0v) is 11.1. The summed E-state index contributed by atoms with van der Waals surface area (Å²) >= 11 is 3.45. The number of benzene rings is 1. The van der Waals surface area contributed by atoms with E-state index in [0.29, 0.717) is 5.78 Å². The zero-order chi connectivity index (χ0) is 11.8. The highest BCUT2D eigenvalue weighted by atomic mass is 79.9. The molecule has 16 heavy (non-hydrogen) atoms. The van der Waals surface area contributed by atoms with Crippen LogP contribution in [0.4, 0.5) is 0 Å². The van der Waals surface area contributed by atoms with E-state index in [9.17, 15) is 4.79 Å². The van der Waals surface area contributed by atoms with Crippen LogP contribution < -0.4 is 4.74 Å². The number of methoxy groups -OCH3 is 1. The molecule has 1 aromatic carbocycles. The first-order chi connectivity index (χ1) is 7.57. The second kappa shape index (κ2) is 4.21. The molecular weight excluding hydrogens is 268 g/mol. The molecule has 0 aromatic heterocycles. The van der Waals surface area contributed by atoms with Crippen molar-refractivity contribution in [2.45, 2.75) is 26.2 Å². The molecule has 1 fully saturated rings. The number of Topliss-reactive ketones (excluding diaryl/α,β-unsaturated/α-hetero) is 1. The lowest BCUT2D eigenvalue weighted by atomic mass is 9.92. The van der Waals surface area contributed by atoms with Gasteiger partial charge in [-0.1, -0.05) is 15.9 Å². The molecule has 0 N–H and O–H groups in total. The summed E-state index contributed by atoms with van der Waals surface area (Å²) in [6.45, 7) is 1.69. The second-order valence-electron chi connectivity index (χ2n) is 4.47. The van der Waals surface area contributed by atoms with Gasteiger partial charge >= 0.3 is 0 Å². The largest absolute Gasteiger partial charge is 0.496 e. The maximum absolute atomic E-state index is 11.6. The standard InChI is InChI=1S/C13H15BrO2/c1-9(15)13(5-6-13)8-10-7-11(14)3-4-12(10)16-2/h3-4,7H,5-6,8H2,1-2H3. The average Bonchev–Trinajstić information content (AvgIpc) is 2.99. The molecular formula is C13H15BrO2. The summed E-state index contributed by atoms with van der Waals surface area (Å²) in [6.07, 6.45) is 2.82. The van der Waals surface area contributed by atoms with E-state index in [1.54, 1.807) is 14.0 Å². The molecule has 0 saturated heterocycles. The van der Waals surface area contributed by atoms with E-state index in [1.807, 2.05) is 18.2 Å². The Morgan fingerprint density at radius 3 is 2.69 bits per heavy atom. The van der Waals surface area contributed by atoms with E-state index in [2.05, 4.69) is 15.9 Å². The van der Waals surface area contributed by atoms with Crippen molar-refractivity contribution in [3.8, 4) is 5.75 Å². The first kappa shape index (κ1) is 11.6. The maximum atomic E-state index is 11.6. The number of halogens is 1. The quantitative estimate of drug-likeness (QED) is 0.846. The summed E-state index contributed by atoms with van der Waals surface area (Å²) in [5.74, 6) is 1.17. The Morgan fingerprint density at radius 1 is 1.50 bits per heavy atom. The molecule has 3 heteroatoms. The monoisotopic (exact) mass is 282 g/mol. The molecule has 0 atom stereocenters. The number of ether oxygens (including phenoxy) is 1. The van der Waals surface area contributed by atoms with Crippen molar-refractivity contribution in [2.24, 2.45) is 5.41 Å². The lowest BCUT2D eigenvalue weighted by Gasteiger charge is -2.14. The van der Waals surface area contributed by atoms with Gasteiger partial charge in [-0.2, -0.15) is 0 Å². The number of hydrogen-bond acceptors (Lipinski definition) is 2. The molecule has 0 amide bonds. The van der Waals surface area contributed by atoms with Crippen molar-refractivity contribution in [3.05, 3.63) is 28.2 Å². The molecule has 1 aliphatic rings. The average molecular weight is 283 g/mol. The third-order valence-electron chi connectivity index (χ3n) is 3.37. The molecule has 0 heterocycles. The predicted molar refractivity (Wildman–Crippen MR) is 66.7 cm³/mol. The molecule has 0 aliphatic heterocycles. The van der Waals surface area contributed by atoms with Crippen LogP contribution in [0.2, 0.25) is 0 Å². The predicted octanol–water partition coefficient (Wildman–Crippen LogP) is 3.37. The molecule has 0 unspecified atom stereocenters. The molecule has 1 saturated carbocycles. The molecule has 0 bridgehead atoms. The summed E-state index contributed by atoms with van der Waals surface area (Å²) in [6, 6.07) is 5.94. The van der Waals surface area contributed by atoms with Crippen LogP contribution in [0, 0.1) is 5.41 Å². The number of rotatable bonds is 4. The molecule has 2 rings (SSSR count). The molecule has 2 nitrogen and oxygen atoms in total. The Morgan fingerprint density at radius 2 is 2.19 bits per heavy atom. The Bertz CT molecular complexity index is 422. The van der Waals surface area contributed by atoms with Gasteiger partial charge in [0.25, 0.3) is 0 Å². The number of ketones is 1. The summed E-state index contributed by atoms with van der Waals surface area (Å²) in [7, 11) is 1.67. The van der Waals surface area contributed by atoms with Gasteiger partial charge in [-0.15, -0.1) is 0 Å². The molecule has 86 valence electrons. The number of carbonyl (C=O) groups is 1. The minimum atomic E-state index is -0.103. The topological polar surface area (TPSA) is 26.3 Å². The fourth-order valence-electron chi connectivity index (χ4n) is 2.05. The minimum absolute atomic E-state index is 0.103. The first-order valence-electron chi connectivity index (χ1n) is 5.41. The molecule has 0 radical (unpaired) electrons. The van der Waals surface area contributed by atoms with Gasteiger partial charge in [-0.25, -0.2) is 0 Å². The van der Waals surface area contributed by atoms with Gasteiger partial charge in [-0.05, 0) is 49.9 Å². The van der Waals surface area contributed by atoms with Gasteiger partial charge in [0.05, 0.1) is 7.11 Å². The lowest BCUT2D eigenvalue weighted by Crippen LogP contribution is -2.15. The summed E-state index contributed by atoms with van der Waals surface area (Å²) in [5.41, 5.74) is 1.01. The van der Waals surface area contributed by atoms with E-state index in [0.717, 1.165) is 35.0 Å². The maximum Gasteiger partial charge on any atom is 0.136 e. The van der Waals surface area contributed by atoms with Crippen LogP contribution in [0.3, 0.4) is 0 Å². The van der Waals surface area contributed by atoms with Gasteiger partial charge < -0.3 is 4.74 Å². The van der Waals surface area contributed by atoms with Crippen LogP contribution in [0.15, 0.2) is 22.7 Å².